The van der Waals surface area contributed by atoms with Gasteiger partial charge in [0, 0.05) is 19.5 Å². The number of anilines is 1. The topological polar surface area (TPSA) is 180 Å². The van der Waals surface area contributed by atoms with Crippen molar-refractivity contribution >= 4 is 61.6 Å². The van der Waals surface area contributed by atoms with Gasteiger partial charge in [-0.25, -0.2) is 18.2 Å². The third-order valence-corrected chi connectivity index (χ3v) is 15.2. The van der Waals surface area contributed by atoms with Crippen molar-refractivity contribution in [1.29, 1.82) is 5.26 Å². The molecule has 3 heterocycles. The van der Waals surface area contributed by atoms with Crippen molar-refractivity contribution in [2.24, 2.45) is 0 Å². The Kier molecular flexibility index (Phi) is 13.1. The number of ether oxygens (including phenoxy) is 3. The average molecular weight is 939 g/mol. The molecule has 0 bridgehead atoms. The van der Waals surface area contributed by atoms with E-state index in [2.05, 4.69) is 21.7 Å². The van der Waals surface area contributed by atoms with Gasteiger partial charge in [-0.3, -0.25) is 4.79 Å². The fraction of sp³-hybridized carbons (Fsp3) is 0.234. The van der Waals surface area contributed by atoms with Gasteiger partial charge in [-0.15, -0.1) is 0 Å². The molecule has 0 radical (unpaired) electrons. The van der Waals surface area contributed by atoms with E-state index in [0.29, 0.717) is 67.8 Å². The summed E-state index contributed by atoms with van der Waals surface area (Å²) in [6, 6.07) is 30.0. The lowest BCUT2D eigenvalue weighted by Gasteiger charge is -2.36. The molecule has 2 aliphatic rings. The molecular formula is C47H41Cl2N5O8S2. The second kappa shape index (κ2) is 18.9. The van der Waals surface area contributed by atoms with Crippen LogP contribution in [0.1, 0.15) is 52.1 Å². The maximum atomic E-state index is 14.6. The zero-order valence-electron chi connectivity index (χ0n) is 34.5. The summed E-state index contributed by atoms with van der Waals surface area (Å²) in [6.45, 7) is 4.27. The van der Waals surface area contributed by atoms with Crippen LogP contribution in [0.4, 0.5) is 5.13 Å². The van der Waals surface area contributed by atoms with E-state index in [1.165, 1.54) is 0 Å². The summed E-state index contributed by atoms with van der Waals surface area (Å²) in [7, 11) is -4.36. The zero-order valence-corrected chi connectivity index (χ0v) is 37.7. The minimum absolute atomic E-state index is 0.0242. The number of carboxylic acids is 1. The van der Waals surface area contributed by atoms with Crippen LogP contribution in [-0.4, -0.2) is 59.9 Å². The molecular weight excluding hydrogens is 898 g/mol. The number of rotatable bonds is 14. The molecule has 0 fully saturated rings. The second-order valence-corrected chi connectivity index (χ2v) is 19.2. The largest absolute Gasteiger partial charge is 0.489 e. The van der Waals surface area contributed by atoms with Crippen LogP contribution in [-0.2, 0) is 45.6 Å². The molecule has 328 valence electrons. The van der Waals surface area contributed by atoms with E-state index in [1.807, 2.05) is 61.5 Å². The standard InChI is InChI=1S/C47H41Cl2N5O8S2/c1-3-51-47-52-27(2)46(63-47)64(58,59)54-24-35-22-42-41(61-26-43(62-42)33-13-15-36(16-14-33)60-25-30-8-17-37(48)38(49)18-30)21-34(35)20-40(54)44(55)53-39(45(56)57)19-28-4-9-31(10-5-28)32-11-6-29(23-50)7-12-32/h4-18,21-22,39-40,43H,3,19-20,24-26H2,1-2H3,(H,51,52)(H,53,55)(H,56,57)/t39-,40-,43+/m0/s1. The van der Waals surface area contributed by atoms with Gasteiger partial charge in [-0.2, -0.15) is 9.57 Å². The first-order valence-electron chi connectivity index (χ1n) is 20.3. The number of carbonyl (C=O) groups is 2. The molecule has 0 spiro atoms. The highest BCUT2D eigenvalue weighted by Gasteiger charge is 2.43. The Morgan fingerprint density at radius 1 is 0.953 bits per heavy atom. The minimum atomic E-state index is -4.36. The predicted octanol–water partition coefficient (Wildman–Crippen LogP) is 8.75. The summed E-state index contributed by atoms with van der Waals surface area (Å²) < 4.78 is 49.0. The molecule has 0 unspecified atom stereocenters. The van der Waals surface area contributed by atoms with Crippen LogP contribution in [0.5, 0.6) is 17.2 Å². The summed E-state index contributed by atoms with van der Waals surface area (Å²) in [6.07, 6.45) is -0.603. The molecule has 1 amide bonds. The minimum Gasteiger partial charge on any atom is -0.489 e. The molecule has 6 aromatic rings. The second-order valence-electron chi connectivity index (χ2n) is 15.3. The van der Waals surface area contributed by atoms with Gasteiger partial charge in [0.15, 0.2) is 26.9 Å². The summed E-state index contributed by atoms with van der Waals surface area (Å²) in [5.74, 6) is -0.546. The molecule has 8 rings (SSSR count). The number of aryl methyl sites for hydroxylation is 1. The first-order valence-corrected chi connectivity index (χ1v) is 23.3. The van der Waals surface area contributed by atoms with E-state index in [-0.39, 0.29) is 35.9 Å². The number of aromatic nitrogens is 1. The van der Waals surface area contributed by atoms with E-state index < -0.39 is 40.1 Å². The molecule has 17 heteroatoms. The number of benzene rings is 5. The Hall–Kier alpha value is -6.15. The molecule has 0 saturated heterocycles. The Bertz CT molecular complexity index is 2870. The lowest BCUT2D eigenvalue weighted by molar-refractivity contribution is -0.142. The van der Waals surface area contributed by atoms with Crippen molar-refractivity contribution < 1.29 is 37.3 Å². The Morgan fingerprint density at radius 3 is 2.31 bits per heavy atom. The number of carbonyl (C=O) groups excluding carboxylic acids is 1. The third-order valence-electron chi connectivity index (χ3n) is 10.9. The lowest BCUT2D eigenvalue weighted by atomic mass is 9.94. The number of amides is 1. The van der Waals surface area contributed by atoms with E-state index in [4.69, 9.17) is 42.7 Å². The lowest BCUT2D eigenvalue weighted by Crippen LogP contribution is -2.55. The number of hydrogen-bond donors (Lipinski definition) is 3. The summed E-state index contributed by atoms with van der Waals surface area (Å²) in [5, 5.41) is 26.5. The highest BCUT2D eigenvalue weighted by atomic mass is 35.5. The monoisotopic (exact) mass is 937 g/mol. The predicted molar refractivity (Wildman–Crippen MR) is 244 cm³/mol. The highest BCUT2D eigenvalue weighted by Crippen LogP contribution is 2.42. The van der Waals surface area contributed by atoms with Crippen molar-refractivity contribution in [1.82, 2.24) is 14.6 Å². The van der Waals surface area contributed by atoms with Crippen LogP contribution in [0.15, 0.2) is 107 Å². The van der Waals surface area contributed by atoms with Gasteiger partial charge in [0.25, 0.3) is 10.0 Å². The summed E-state index contributed by atoms with van der Waals surface area (Å²) >= 11 is 13.2. The summed E-state index contributed by atoms with van der Waals surface area (Å²) in [5.41, 5.74) is 6.17. The van der Waals surface area contributed by atoms with Crippen LogP contribution in [0.2, 0.25) is 10.0 Å². The van der Waals surface area contributed by atoms with Gasteiger partial charge in [0.05, 0.1) is 27.4 Å². The molecule has 0 saturated carbocycles. The number of halogens is 2. The average Bonchev–Trinajstić information content (AvgIpc) is 3.68. The van der Waals surface area contributed by atoms with Crippen LogP contribution >= 0.6 is 34.5 Å². The van der Waals surface area contributed by atoms with Gasteiger partial charge in [-0.1, -0.05) is 89.1 Å². The Morgan fingerprint density at radius 2 is 1.64 bits per heavy atom. The SMILES string of the molecule is CCNc1nc(C)c(S(=O)(=O)N2Cc3cc4c(cc3C[C@H]2C(=O)N[C@@H](Cc2ccc(-c3ccc(C#N)cc3)cc2)C(=O)O)OC[C@H](c2ccc(OCc3ccc(Cl)c(Cl)c3)cc2)O4)s1. The number of fused-ring (bicyclic) bond motifs is 2. The van der Waals surface area contributed by atoms with E-state index in [1.54, 1.807) is 55.5 Å². The first-order chi connectivity index (χ1) is 30.8. The van der Waals surface area contributed by atoms with Crippen molar-refractivity contribution in [3.8, 4) is 34.4 Å². The maximum Gasteiger partial charge on any atom is 0.326 e. The molecule has 5 aromatic carbocycles. The third kappa shape index (κ3) is 9.67. The Balaban J connectivity index is 1.02. The van der Waals surface area contributed by atoms with Gasteiger partial charge in [0.1, 0.15) is 31.0 Å². The smallest absolute Gasteiger partial charge is 0.326 e. The van der Waals surface area contributed by atoms with Crippen molar-refractivity contribution in [2.45, 2.75) is 62.2 Å². The molecule has 3 atom stereocenters. The fourth-order valence-electron chi connectivity index (χ4n) is 7.57. The van der Waals surface area contributed by atoms with Crippen LogP contribution in [0.3, 0.4) is 0 Å². The van der Waals surface area contributed by atoms with E-state index in [0.717, 1.165) is 37.9 Å². The number of hydrogen-bond acceptors (Lipinski definition) is 11. The van der Waals surface area contributed by atoms with Crippen LogP contribution in [0, 0.1) is 18.3 Å². The Labute approximate surface area is 384 Å². The number of thiazole rings is 1. The van der Waals surface area contributed by atoms with E-state index in [9.17, 15) is 23.1 Å². The van der Waals surface area contributed by atoms with Crippen LogP contribution < -0.4 is 24.8 Å². The van der Waals surface area contributed by atoms with E-state index >= 15 is 0 Å². The quantitative estimate of drug-likeness (QED) is 0.0951. The summed E-state index contributed by atoms with van der Waals surface area (Å²) in [4.78, 5) is 31.4. The van der Waals surface area contributed by atoms with Crippen molar-refractivity contribution in [3.63, 3.8) is 0 Å². The number of nitriles is 1. The number of sulfonamides is 1. The molecule has 13 nitrogen and oxygen atoms in total. The number of carboxylic acid groups (broad SMARTS) is 1. The molecule has 2 aliphatic heterocycles. The van der Waals surface area contributed by atoms with Gasteiger partial charge >= 0.3 is 5.97 Å². The zero-order chi connectivity index (χ0) is 45.1. The van der Waals surface area contributed by atoms with Gasteiger partial charge in [-0.05, 0) is 108 Å². The molecule has 0 aliphatic carbocycles. The molecule has 1 aromatic heterocycles. The van der Waals surface area contributed by atoms with Crippen molar-refractivity contribution in [2.75, 3.05) is 18.5 Å². The molecule has 3 N–H and O–H groups in total. The number of aliphatic carboxylic acids is 1. The number of nitrogens with one attached hydrogen (secondary N) is 2. The van der Waals surface area contributed by atoms with Gasteiger partial charge < -0.3 is 30.0 Å². The maximum absolute atomic E-state index is 14.6. The van der Waals surface area contributed by atoms with Crippen LogP contribution in [0.25, 0.3) is 11.1 Å². The van der Waals surface area contributed by atoms with Crippen molar-refractivity contribution in [3.05, 3.63) is 152 Å². The first kappa shape index (κ1) is 44.5. The van der Waals surface area contributed by atoms with Gasteiger partial charge in [0.2, 0.25) is 5.91 Å². The number of nitrogens with zero attached hydrogens (tertiary/aromatic N) is 3. The normalized spacial score (nSPS) is 16.2. The molecule has 64 heavy (non-hydrogen) atoms. The highest BCUT2D eigenvalue weighted by molar-refractivity contribution is 7.91. The fourth-order valence-corrected chi connectivity index (χ4v) is 11.1.